The molecule has 2 rings (SSSR count). The summed E-state index contributed by atoms with van der Waals surface area (Å²) < 4.78 is 2.12. The van der Waals surface area contributed by atoms with Crippen LogP contribution < -0.4 is 11.3 Å². The highest BCUT2D eigenvalue weighted by Gasteiger charge is 2.14. The van der Waals surface area contributed by atoms with Crippen molar-refractivity contribution >= 4 is 21.7 Å². The fraction of sp³-hybridized carbons (Fsp3) is 0.300. The number of nitrogens with one attached hydrogen (secondary N) is 1. The molecule has 7 heteroatoms. The van der Waals surface area contributed by atoms with Gasteiger partial charge in [0.2, 0.25) is 5.95 Å². The number of rotatable bonds is 1. The molecule has 17 heavy (non-hydrogen) atoms. The maximum Gasteiger partial charge on any atom is 0.255 e. The second-order valence-corrected chi connectivity index (χ2v) is 4.59. The van der Waals surface area contributed by atoms with Gasteiger partial charge in [-0.15, -0.1) is 0 Å². The number of nitrogen functional groups attached to an aromatic ring is 1. The van der Waals surface area contributed by atoms with Crippen LogP contribution in [-0.2, 0) is 0 Å². The van der Waals surface area contributed by atoms with Crippen LogP contribution >= 0.6 is 15.9 Å². The second kappa shape index (κ2) is 3.99. The van der Waals surface area contributed by atoms with Gasteiger partial charge in [0.15, 0.2) is 0 Å². The molecule has 0 unspecified atom stereocenters. The van der Waals surface area contributed by atoms with Crippen molar-refractivity contribution in [2.24, 2.45) is 0 Å². The van der Waals surface area contributed by atoms with Gasteiger partial charge in [0.05, 0.1) is 10.2 Å². The van der Waals surface area contributed by atoms with Crippen LogP contribution in [0.5, 0.6) is 0 Å². The number of hydrogen-bond donors (Lipinski definition) is 2. The number of hydrogen-bond acceptors (Lipinski definition) is 4. The fourth-order valence-electron chi connectivity index (χ4n) is 1.42. The van der Waals surface area contributed by atoms with Crippen molar-refractivity contribution in [1.29, 1.82) is 0 Å². The summed E-state index contributed by atoms with van der Waals surface area (Å²) in [7, 11) is 0. The lowest BCUT2D eigenvalue weighted by molar-refractivity contribution is 0.787. The Morgan fingerprint density at radius 1 is 1.29 bits per heavy atom. The molecule has 0 saturated heterocycles. The van der Waals surface area contributed by atoms with Gasteiger partial charge < -0.3 is 5.73 Å². The highest BCUT2D eigenvalue weighted by molar-refractivity contribution is 9.10. The molecule has 0 radical (unpaired) electrons. The predicted octanol–water partition coefficient (Wildman–Crippen LogP) is 1.23. The van der Waals surface area contributed by atoms with Gasteiger partial charge in [-0.1, -0.05) is 0 Å². The molecule has 6 nitrogen and oxygen atoms in total. The quantitative estimate of drug-likeness (QED) is 0.828. The number of aromatic amines is 1. The summed E-state index contributed by atoms with van der Waals surface area (Å²) >= 11 is 3.32. The van der Waals surface area contributed by atoms with E-state index in [9.17, 15) is 4.79 Å². The van der Waals surface area contributed by atoms with Crippen LogP contribution in [0.3, 0.4) is 0 Å². The van der Waals surface area contributed by atoms with Crippen molar-refractivity contribution in [1.82, 2.24) is 19.7 Å². The van der Waals surface area contributed by atoms with Crippen molar-refractivity contribution in [3.63, 3.8) is 0 Å². The van der Waals surface area contributed by atoms with Gasteiger partial charge in [0.1, 0.15) is 5.82 Å². The molecule has 0 aromatic carbocycles. The summed E-state index contributed by atoms with van der Waals surface area (Å²) in [5, 5.41) is 4.20. The zero-order chi connectivity index (χ0) is 12.7. The summed E-state index contributed by atoms with van der Waals surface area (Å²) in [6.07, 6.45) is 0. The zero-order valence-corrected chi connectivity index (χ0v) is 11.3. The monoisotopic (exact) mass is 297 g/mol. The van der Waals surface area contributed by atoms with Gasteiger partial charge in [-0.3, -0.25) is 9.78 Å². The Morgan fingerprint density at radius 3 is 2.41 bits per heavy atom. The predicted molar refractivity (Wildman–Crippen MR) is 68.3 cm³/mol. The van der Waals surface area contributed by atoms with E-state index in [1.165, 1.54) is 4.68 Å². The van der Waals surface area contributed by atoms with Crippen molar-refractivity contribution in [3.05, 3.63) is 31.8 Å². The van der Waals surface area contributed by atoms with Gasteiger partial charge in [-0.25, -0.2) is 4.98 Å². The van der Waals surface area contributed by atoms with Gasteiger partial charge >= 0.3 is 0 Å². The van der Waals surface area contributed by atoms with E-state index in [0.717, 1.165) is 5.69 Å². The molecule has 0 bridgehead atoms. The van der Waals surface area contributed by atoms with Gasteiger partial charge in [-0.2, -0.15) is 9.78 Å². The first kappa shape index (κ1) is 11.8. The molecule has 0 atom stereocenters. The smallest absolute Gasteiger partial charge is 0.255 e. The van der Waals surface area contributed by atoms with E-state index in [0.29, 0.717) is 27.5 Å². The van der Waals surface area contributed by atoms with Crippen LogP contribution in [0.4, 0.5) is 5.82 Å². The van der Waals surface area contributed by atoms with Crippen molar-refractivity contribution < 1.29 is 0 Å². The van der Waals surface area contributed by atoms with E-state index in [1.54, 1.807) is 13.8 Å². The molecule has 90 valence electrons. The maximum atomic E-state index is 11.6. The molecule has 0 aliphatic heterocycles. The number of anilines is 1. The summed E-state index contributed by atoms with van der Waals surface area (Å²) in [6.45, 7) is 5.31. The molecule has 0 aliphatic carbocycles. The van der Waals surface area contributed by atoms with Crippen LogP contribution in [-0.4, -0.2) is 19.7 Å². The first-order chi connectivity index (χ1) is 7.91. The molecule has 0 amide bonds. The SMILES string of the molecule is Cc1nn(-c2nc(C)c(C)c(=O)[nH]2)c(N)c1Br. The standard InChI is InChI=1S/C10H12BrN5O/c1-4-5(2)13-10(14-9(4)17)16-8(12)7(11)6(3)15-16/h12H2,1-3H3,(H,13,14,17). The Labute approximate surface area is 106 Å². The van der Waals surface area contributed by atoms with E-state index < -0.39 is 0 Å². The highest BCUT2D eigenvalue weighted by atomic mass is 79.9. The molecule has 2 aromatic heterocycles. The Balaban J connectivity index is 2.69. The average molecular weight is 298 g/mol. The molecule has 3 N–H and O–H groups in total. The first-order valence-corrected chi connectivity index (χ1v) is 5.79. The molecule has 0 spiro atoms. The van der Waals surface area contributed by atoms with E-state index in [-0.39, 0.29) is 5.56 Å². The summed E-state index contributed by atoms with van der Waals surface area (Å²) in [5.41, 5.74) is 7.67. The summed E-state index contributed by atoms with van der Waals surface area (Å²) in [5.74, 6) is 0.735. The maximum absolute atomic E-state index is 11.6. The Kier molecular flexibility index (Phi) is 2.78. The molecular weight excluding hydrogens is 286 g/mol. The fourth-order valence-corrected chi connectivity index (χ4v) is 1.67. The molecule has 2 heterocycles. The lowest BCUT2D eigenvalue weighted by atomic mass is 10.3. The minimum Gasteiger partial charge on any atom is -0.383 e. The van der Waals surface area contributed by atoms with Crippen molar-refractivity contribution in [3.8, 4) is 5.95 Å². The molecule has 0 aliphatic rings. The number of halogens is 1. The van der Waals surface area contributed by atoms with E-state index >= 15 is 0 Å². The minimum absolute atomic E-state index is 0.184. The highest BCUT2D eigenvalue weighted by Crippen LogP contribution is 2.24. The number of H-pyrrole nitrogens is 1. The van der Waals surface area contributed by atoms with Gasteiger partial charge in [0.25, 0.3) is 5.56 Å². The molecule has 0 saturated carbocycles. The third-order valence-corrected chi connectivity index (χ3v) is 3.58. The third kappa shape index (κ3) is 1.86. The number of nitrogens with zero attached hydrogens (tertiary/aromatic N) is 3. The number of aryl methyl sites for hydroxylation is 2. The minimum atomic E-state index is -0.184. The van der Waals surface area contributed by atoms with E-state index in [1.807, 2.05) is 6.92 Å². The van der Waals surface area contributed by atoms with E-state index in [4.69, 9.17) is 5.73 Å². The molecule has 2 aromatic rings. The van der Waals surface area contributed by atoms with Gasteiger partial charge in [-0.05, 0) is 36.7 Å². The van der Waals surface area contributed by atoms with Crippen LogP contribution in [0.15, 0.2) is 9.27 Å². The Morgan fingerprint density at radius 2 is 1.94 bits per heavy atom. The average Bonchev–Trinajstić information content (AvgIpc) is 2.53. The van der Waals surface area contributed by atoms with Crippen molar-refractivity contribution in [2.75, 3.05) is 5.73 Å². The second-order valence-electron chi connectivity index (χ2n) is 3.80. The molecular formula is C10H12BrN5O. The largest absolute Gasteiger partial charge is 0.383 e. The zero-order valence-electron chi connectivity index (χ0n) is 9.71. The number of nitrogens with two attached hydrogens (primary N) is 1. The molecule has 0 fully saturated rings. The van der Waals surface area contributed by atoms with Crippen LogP contribution in [0.25, 0.3) is 5.95 Å². The topological polar surface area (TPSA) is 89.6 Å². The van der Waals surface area contributed by atoms with Crippen molar-refractivity contribution in [2.45, 2.75) is 20.8 Å². The number of aromatic nitrogens is 4. The summed E-state index contributed by atoms with van der Waals surface area (Å²) in [6, 6.07) is 0. The summed E-state index contributed by atoms with van der Waals surface area (Å²) in [4.78, 5) is 18.6. The first-order valence-electron chi connectivity index (χ1n) is 5.00. The van der Waals surface area contributed by atoms with Gasteiger partial charge in [0, 0.05) is 11.3 Å². The van der Waals surface area contributed by atoms with E-state index in [2.05, 4.69) is 31.0 Å². The van der Waals surface area contributed by atoms with Crippen LogP contribution in [0, 0.1) is 20.8 Å². The lowest BCUT2D eigenvalue weighted by Gasteiger charge is -2.05. The third-order valence-electron chi connectivity index (χ3n) is 2.60. The van der Waals surface area contributed by atoms with Crippen LogP contribution in [0.1, 0.15) is 17.0 Å². The Bertz CT molecular complexity index is 643. The van der Waals surface area contributed by atoms with Crippen LogP contribution in [0.2, 0.25) is 0 Å². The lowest BCUT2D eigenvalue weighted by Crippen LogP contribution is -2.18. The Hall–Kier alpha value is -1.63. The normalized spacial score (nSPS) is 10.8.